The fourth-order valence-corrected chi connectivity index (χ4v) is 3.04. The zero-order valence-corrected chi connectivity index (χ0v) is 13.9. The molecular weight excluding hydrogens is 248 g/mol. The Morgan fingerprint density at radius 3 is 2.20 bits per heavy atom. The van der Waals surface area contributed by atoms with Gasteiger partial charge in [0.1, 0.15) is 17.5 Å². The summed E-state index contributed by atoms with van der Waals surface area (Å²) in [6.07, 6.45) is 0.999. The second-order valence-corrected chi connectivity index (χ2v) is 8.02. The summed E-state index contributed by atoms with van der Waals surface area (Å²) in [7, 11) is 0. The standard InChI is InChI=1S/C18H28O2/c1-16(2,3)13-10-8-9-11-14(13)19-15-12-17(4,5)20-18(15,6)7/h8-11,15H,12H2,1-7H3. The molecule has 1 atom stereocenters. The fourth-order valence-electron chi connectivity index (χ4n) is 3.04. The molecule has 1 aliphatic heterocycles. The summed E-state index contributed by atoms with van der Waals surface area (Å²) in [6, 6.07) is 8.34. The SMILES string of the molecule is CC1(C)CC(Oc2ccccc2C(C)(C)C)C(C)(C)O1. The van der Waals surface area contributed by atoms with E-state index in [9.17, 15) is 0 Å². The van der Waals surface area contributed by atoms with E-state index in [-0.39, 0.29) is 22.7 Å². The highest BCUT2D eigenvalue weighted by molar-refractivity contribution is 5.38. The van der Waals surface area contributed by atoms with Gasteiger partial charge in [0.15, 0.2) is 0 Å². The van der Waals surface area contributed by atoms with E-state index < -0.39 is 0 Å². The molecule has 1 unspecified atom stereocenters. The quantitative estimate of drug-likeness (QED) is 0.779. The van der Waals surface area contributed by atoms with Gasteiger partial charge in [-0.1, -0.05) is 39.0 Å². The van der Waals surface area contributed by atoms with E-state index in [4.69, 9.17) is 9.47 Å². The summed E-state index contributed by atoms with van der Waals surface area (Å²) in [5.74, 6) is 0.986. The van der Waals surface area contributed by atoms with Crippen molar-refractivity contribution in [1.29, 1.82) is 0 Å². The lowest BCUT2D eigenvalue weighted by molar-refractivity contribution is -0.0847. The molecule has 0 amide bonds. The summed E-state index contributed by atoms with van der Waals surface area (Å²) >= 11 is 0. The summed E-state index contributed by atoms with van der Waals surface area (Å²) in [4.78, 5) is 0. The first kappa shape index (κ1) is 15.4. The fraction of sp³-hybridized carbons (Fsp3) is 0.667. The van der Waals surface area contributed by atoms with Crippen molar-refractivity contribution in [3.8, 4) is 5.75 Å². The number of rotatable bonds is 2. The second-order valence-electron chi connectivity index (χ2n) is 8.02. The number of hydrogen-bond acceptors (Lipinski definition) is 2. The van der Waals surface area contributed by atoms with Crippen molar-refractivity contribution in [2.45, 2.75) is 77.6 Å². The summed E-state index contributed by atoms with van der Waals surface area (Å²) in [5.41, 5.74) is 0.954. The smallest absolute Gasteiger partial charge is 0.130 e. The highest BCUT2D eigenvalue weighted by atomic mass is 16.6. The van der Waals surface area contributed by atoms with E-state index in [1.165, 1.54) is 5.56 Å². The van der Waals surface area contributed by atoms with Crippen molar-refractivity contribution in [3.63, 3.8) is 0 Å². The van der Waals surface area contributed by atoms with Crippen molar-refractivity contribution < 1.29 is 9.47 Å². The van der Waals surface area contributed by atoms with Crippen molar-refractivity contribution in [3.05, 3.63) is 29.8 Å². The molecule has 2 heteroatoms. The Morgan fingerprint density at radius 1 is 1.10 bits per heavy atom. The minimum atomic E-state index is -0.255. The molecule has 1 aromatic carbocycles. The van der Waals surface area contributed by atoms with Crippen molar-refractivity contribution in [2.24, 2.45) is 0 Å². The monoisotopic (exact) mass is 276 g/mol. The molecule has 1 fully saturated rings. The van der Waals surface area contributed by atoms with Crippen LogP contribution in [0.5, 0.6) is 5.75 Å². The van der Waals surface area contributed by atoms with Gasteiger partial charge in [0.05, 0.1) is 5.60 Å². The number of para-hydroxylation sites is 1. The molecule has 0 radical (unpaired) electrons. The molecule has 112 valence electrons. The van der Waals surface area contributed by atoms with Gasteiger partial charge in [-0.05, 0) is 44.7 Å². The lowest BCUT2D eigenvalue weighted by atomic mass is 9.86. The third kappa shape index (κ3) is 3.17. The van der Waals surface area contributed by atoms with Gasteiger partial charge in [0.25, 0.3) is 0 Å². The molecule has 1 heterocycles. The van der Waals surface area contributed by atoms with Crippen LogP contribution in [-0.4, -0.2) is 17.3 Å². The van der Waals surface area contributed by atoms with Crippen LogP contribution in [0.25, 0.3) is 0 Å². The summed E-state index contributed by atoms with van der Waals surface area (Å²) in [5, 5.41) is 0. The molecule has 0 aromatic heterocycles. The van der Waals surface area contributed by atoms with Crippen LogP contribution in [0.4, 0.5) is 0 Å². The van der Waals surface area contributed by atoms with Crippen LogP contribution >= 0.6 is 0 Å². The van der Waals surface area contributed by atoms with E-state index in [2.05, 4.69) is 66.7 Å². The predicted octanol–water partition coefficient (Wildman–Crippen LogP) is 4.71. The molecule has 2 rings (SSSR count). The van der Waals surface area contributed by atoms with Crippen molar-refractivity contribution >= 4 is 0 Å². The maximum atomic E-state index is 6.36. The van der Waals surface area contributed by atoms with Crippen LogP contribution < -0.4 is 4.74 Å². The normalized spacial score (nSPS) is 24.6. The molecule has 0 bridgehead atoms. The lowest BCUT2D eigenvalue weighted by Gasteiger charge is -2.30. The van der Waals surface area contributed by atoms with Gasteiger partial charge in [-0.2, -0.15) is 0 Å². The number of hydrogen-bond donors (Lipinski definition) is 0. The Kier molecular flexibility index (Phi) is 3.66. The third-order valence-corrected chi connectivity index (χ3v) is 3.96. The molecule has 1 aromatic rings. The van der Waals surface area contributed by atoms with Gasteiger partial charge < -0.3 is 9.47 Å². The molecule has 1 saturated heterocycles. The van der Waals surface area contributed by atoms with Crippen LogP contribution in [0, 0.1) is 0 Å². The van der Waals surface area contributed by atoms with E-state index in [0.29, 0.717) is 0 Å². The van der Waals surface area contributed by atoms with Gasteiger partial charge >= 0.3 is 0 Å². The molecule has 2 nitrogen and oxygen atoms in total. The van der Waals surface area contributed by atoms with Crippen LogP contribution in [0.1, 0.15) is 60.5 Å². The van der Waals surface area contributed by atoms with Crippen LogP contribution in [0.2, 0.25) is 0 Å². The van der Waals surface area contributed by atoms with E-state index in [0.717, 1.165) is 12.2 Å². The largest absolute Gasteiger partial charge is 0.487 e. The maximum Gasteiger partial charge on any atom is 0.130 e. The molecular formula is C18H28O2. The minimum absolute atomic E-state index is 0.0791. The highest BCUT2D eigenvalue weighted by Crippen LogP contribution is 2.41. The van der Waals surface area contributed by atoms with Gasteiger partial charge in [0.2, 0.25) is 0 Å². The maximum absolute atomic E-state index is 6.36. The molecule has 20 heavy (non-hydrogen) atoms. The first-order valence-electron chi connectivity index (χ1n) is 7.48. The van der Waals surface area contributed by atoms with Gasteiger partial charge in [0, 0.05) is 6.42 Å². The Labute approximate surface area is 123 Å². The minimum Gasteiger partial charge on any atom is -0.487 e. The van der Waals surface area contributed by atoms with Crippen LogP contribution in [0.15, 0.2) is 24.3 Å². The Hall–Kier alpha value is -1.02. The molecule has 0 aliphatic carbocycles. The average Bonchev–Trinajstić information content (AvgIpc) is 2.45. The Balaban J connectivity index is 2.28. The topological polar surface area (TPSA) is 18.5 Å². The number of ether oxygens (including phenoxy) is 2. The second kappa shape index (κ2) is 4.77. The van der Waals surface area contributed by atoms with Gasteiger partial charge in [-0.3, -0.25) is 0 Å². The van der Waals surface area contributed by atoms with E-state index in [1.807, 2.05) is 6.07 Å². The van der Waals surface area contributed by atoms with Crippen molar-refractivity contribution in [1.82, 2.24) is 0 Å². The van der Waals surface area contributed by atoms with Gasteiger partial charge in [-0.15, -0.1) is 0 Å². The molecule has 1 aliphatic rings. The summed E-state index contributed by atoms with van der Waals surface area (Å²) < 4.78 is 12.5. The lowest BCUT2D eigenvalue weighted by Crippen LogP contribution is -2.37. The van der Waals surface area contributed by atoms with E-state index >= 15 is 0 Å². The summed E-state index contributed by atoms with van der Waals surface area (Å²) in [6.45, 7) is 15.2. The Bertz CT molecular complexity index is 480. The number of benzene rings is 1. The average molecular weight is 276 g/mol. The van der Waals surface area contributed by atoms with Gasteiger partial charge in [-0.25, -0.2) is 0 Å². The Morgan fingerprint density at radius 2 is 1.70 bits per heavy atom. The van der Waals surface area contributed by atoms with Crippen LogP contribution in [0.3, 0.4) is 0 Å². The molecule has 0 spiro atoms. The molecule has 0 N–H and O–H groups in total. The first-order valence-corrected chi connectivity index (χ1v) is 7.48. The predicted molar refractivity (Wildman–Crippen MR) is 83.4 cm³/mol. The van der Waals surface area contributed by atoms with Crippen molar-refractivity contribution in [2.75, 3.05) is 0 Å². The van der Waals surface area contributed by atoms with Crippen LogP contribution in [-0.2, 0) is 10.2 Å². The first-order chi connectivity index (χ1) is 9.01. The zero-order chi connectivity index (χ0) is 15.2. The van der Waals surface area contributed by atoms with E-state index in [1.54, 1.807) is 0 Å². The zero-order valence-electron chi connectivity index (χ0n) is 13.9. The highest BCUT2D eigenvalue weighted by Gasteiger charge is 2.47. The molecule has 0 saturated carbocycles. The third-order valence-electron chi connectivity index (χ3n) is 3.96.